The summed E-state index contributed by atoms with van der Waals surface area (Å²) >= 11 is 5.87. The van der Waals surface area contributed by atoms with Gasteiger partial charge < -0.3 is 20.7 Å². The summed E-state index contributed by atoms with van der Waals surface area (Å²) in [5.41, 5.74) is 8.01. The van der Waals surface area contributed by atoms with Crippen LogP contribution in [0.3, 0.4) is 0 Å². The van der Waals surface area contributed by atoms with E-state index >= 15 is 0 Å². The number of benzene rings is 1. The van der Waals surface area contributed by atoms with E-state index in [0.717, 1.165) is 61.6 Å². The van der Waals surface area contributed by atoms with Crippen LogP contribution in [0.5, 0.6) is 5.75 Å². The third-order valence-electron chi connectivity index (χ3n) is 5.69. The lowest BCUT2D eigenvalue weighted by atomic mass is 9.92. The zero-order valence-corrected chi connectivity index (χ0v) is 19.1. The van der Waals surface area contributed by atoms with Crippen LogP contribution >= 0.6 is 11.6 Å². The van der Waals surface area contributed by atoms with Gasteiger partial charge in [0.15, 0.2) is 0 Å². The van der Waals surface area contributed by atoms with Gasteiger partial charge in [-0.25, -0.2) is 9.97 Å². The van der Waals surface area contributed by atoms with E-state index in [1.165, 1.54) is 0 Å². The minimum atomic E-state index is -0.0812. The summed E-state index contributed by atoms with van der Waals surface area (Å²) in [5, 5.41) is 3.40. The SMILES string of the molecule is Cc1cc(OCCCC2CCN(c3ncc(Cl)cn3)CC2)cc(C)c1C(=O)NCCN. The number of anilines is 1. The molecule has 0 aliphatic carbocycles. The van der Waals surface area contributed by atoms with Crippen molar-refractivity contribution < 1.29 is 9.53 Å². The Morgan fingerprint density at radius 3 is 2.48 bits per heavy atom. The van der Waals surface area contributed by atoms with Crippen molar-refractivity contribution in [3.8, 4) is 5.75 Å². The molecule has 3 rings (SSSR count). The molecule has 1 aliphatic rings. The lowest BCUT2D eigenvalue weighted by Gasteiger charge is -2.32. The highest BCUT2D eigenvalue weighted by Crippen LogP contribution is 2.26. The Kier molecular flexibility index (Phi) is 8.49. The van der Waals surface area contributed by atoms with Crippen LogP contribution < -0.4 is 20.7 Å². The number of nitrogens with one attached hydrogen (secondary N) is 1. The predicted molar refractivity (Wildman–Crippen MR) is 124 cm³/mol. The molecule has 1 fully saturated rings. The molecule has 0 radical (unpaired) electrons. The number of piperidine rings is 1. The molecular weight excluding hydrogens is 414 g/mol. The highest BCUT2D eigenvalue weighted by atomic mass is 35.5. The number of rotatable bonds is 9. The minimum Gasteiger partial charge on any atom is -0.494 e. The number of hydrogen-bond donors (Lipinski definition) is 2. The number of aromatic nitrogens is 2. The van der Waals surface area contributed by atoms with E-state index in [9.17, 15) is 4.79 Å². The van der Waals surface area contributed by atoms with Crippen LogP contribution in [0.2, 0.25) is 5.02 Å². The van der Waals surface area contributed by atoms with Gasteiger partial charge in [0.25, 0.3) is 5.91 Å². The van der Waals surface area contributed by atoms with Crippen LogP contribution in [-0.2, 0) is 0 Å². The Bertz CT molecular complexity index is 844. The number of carbonyl (C=O) groups is 1. The fourth-order valence-electron chi connectivity index (χ4n) is 4.09. The van der Waals surface area contributed by atoms with E-state index in [1.54, 1.807) is 12.4 Å². The largest absolute Gasteiger partial charge is 0.494 e. The monoisotopic (exact) mass is 445 g/mol. The van der Waals surface area contributed by atoms with Crippen LogP contribution in [0.1, 0.15) is 47.2 Å². The maximum atomic E-state index is 12.3. The Labute approximate surface area is 189 Å². The summed E-state index contributed by atoms with van der Waals surface area (Å²) in [6.07, 6.45) is 7.73. The molecule has 1 amide bonds. The van der Waals surface area contributed by atoms with Crippen LogP contribution in [0.4, 0.5) is 5.95 Å². The van der Waals surface area contributed by atoms with E-state index in [1.807, 2.05) is 26.0 Å². The number of ether oxygens (including phenoxy) is 1. The molecule has 0 atom stereocenters. The van der Waals surface area contributed by atoms with Gasteiger partial charge in [0.2, 0.25) is 5.95 Å². The van der Waals surface area contributed by atoms with Crippen molar-refractivity contribution in [3.63, 3.8) is 0 Å². The summed E-state index contributed by atoms with van der Waals surface area (Å²) in [6.45, 7) is 7.40. The van der Waals surface area contributed by atoms with Gasteiger partial charge in [0, 0.05) is 31.7 Å². The molecule has 7 nitrogen and oxygen atoms in total. The summed E-state index contributed by atoms with van der Waals surface area (Å²) in [6, 6.07) is 3.88. The molecular formula is C23H32ClN5O2. The number of aryl methyl sites for hydroxylation is 2. The van der Waals surface area contributed by atoms with Crippen LogP contribution in [0.25, 0.3) is 0 Å². The first-order chi connectivity index (χ1) is 15.0. The van der Waals surface area contributed by atoms with Gasteiger partial charge in [0.05, 0.1) is 24.0 Å². The molecule has 1 saturated heterocycles. The topological polar surface area (TPSA) is 93.4 Å². The van der Waals surface area contributed by atoms with Gasteiger partial charge in [-0.1, -0.05) is 11.6 Å². The second-order valence-corrected chi connectivity index (χ2v) is 8.54. The summed E-state index contributed by atoms with van der Waals surface area (Å²) in [4.78, 5) is 23.1. The summed E-state index contributed by atoms with van der Waals surface area (Å²) < 4.78 is 5.98. The Morgan fingerprint density at radius 2 is 1.87 bits per heavy atom. The van der Waals surface area contributed by atoms with Gasteiger partial charge >= 0.3 is 0 Å². The van der Waals surface area contributed by atoms with Crippen molar-refractivity contribution in [2.24, 2.45) is 11.7 Å². The number of hydrogen-bond acceptors (Lipinski definition) is 6. The molecule has 168 valence electrons. The first kappa shape index (κ1) is 23.3. The van der Waals surface area contributed by atoms with Crippen LogP contribution in [0.15, 0.2) is 24.5 Å². The standard InChI is InChI=1S/C23H32ClN5O2/c1-16-12-20(13-17(2)21(16)22(30)26-8-7-25)31-11-3-4-18-5-9-29(10-6-18)23-27-14-19(24)15-28-23/h12-15,18H,3-11,25H2,1-2H3,(H,26,30). The normalized spacial score (nSPS) is 14.5. The van der Waals surface area contributed by atoms with Gasteiger partial charge in [0.1, 0.15) is 5.75 Å². The lowest BCUT2D eigenvalue weighted by Crippen LogP contribution is -2.34. The molecule has 3 N–H and O–H groups in total. The maximum Gasteiger partial charge on any atom is 0.251 e. The average Bonchev–Trinajstić information content (AvgIpc) is 2.76. The summed E-state index contributed by atoms with van der Waals surface area (Å²) in [7, 11) is 0. The molecule has 0 saturated carbocycles. The molecule has 0 spiro atoms. The lowest BCUT2D eigenvalue weighted by molar-refractivity contribution is 0.0953. The fraction of sp³-hybridized carbons (Fsp3) is 0.522. The Morgan fingerprint density at radius 1 is 1.23 bits per heavy atom. The van der Waals surface area contributed by atoms with Crippen molar-refractivity contribution in [1.82, 2.24) is 15.3 Å². The molecule has 1 aromatic heterocycles. The van der Waals surface area contributed by atoms with Gasteiger partial charge in [-0.3, -0.25) is 4.79 Å². The summed E-state index contributed by atoms with van der Waals surface area (Å²) in [5.74, 6) is 2.20. The molecule has 31 heavy (non-hydrogen) atoms. The van der Waals surface area contributed by atoms with Crippen molar-refractivity contribution in [2.45, 2.75) is 39.5 Å². The van der Waals surface area contributed by atoms with Crippen molar-refractivity contribution in [1.29, 1.82) is 0 Å². The number of carbonyl (C=O) groups excluding carboxylic acids is 1. The first-order valence-electron chi connectivity index (χ1n) is 10.9. The van der Waals surface area contributed by atoms with Gasteiger partial charge in [-0.2, -0.15) is 0 Å². The van der Waals surface area contributed by atoms with E-state index in [0.29, 0.717) is 36.2 Å². The molecule has 8 heteroatoms. The second kappa shape index (κ2) is 11.3. The Balaban J connectivity index is 1.41. The van der Waals surface area contributed by atoms with E-state index in [2.05, 4.69) is 20.2 Å². The van der Waals surface area contributed by atoms with E-state index in [-0.39, 0.29) is 5.91 Å². The highest BCUT2D eigenvalue weighted by Gasteiger charge is 2.20. The van der Waals surface area contributed by atoms with Crippen molar-refractivity contribution in [3.05, 3.63) is 46.2 Å². The van der Waals surface area contributed by atoms with Crippen molar-refractivity contribution >= 4 is 23.5 Å². The number of nitrogens with two attached hydrogens (primary N) is 1. The third-order valence-corrected chi connectivity index (χ3v) is 5.89. The minimum absolute atomic E-state index is 0.0812. The number of nitrogens with zero attached hydrogens (tertiary/aromatic N) is 3. The van der Waals surface area contributed by atoms with E-state index in [4.69, 9.17) is 22.1 Å². The third kappa shape index (κ3) is 6.55. The predicted octanol–water partition coefficient (Wildman–Crippen LogP) is 3.51. The fourth-order valence-corrected chi connectivity index (χ4v) is 4.19. The average molecular weight is 446 g/mol. The molecule has 2 heterocycles. The van der Waals surface area contributed by atoms with Gasteiger partial charge in [-0.15, -0.1) is 0 Å². The van der Waals surface area contributed by atoms with Crippen molar-refractivity contribution in [2.75, 3.05) is 37.7 Å². The quantitative estimate of drug-likeness (QED) is 0.573. The van der Waals surface area contributed by atoms with Crippen LogP contribution in [0, 0.1) is 19.8 Å². The first-order valence-corrected chi connectivity index (χ1v) is 11.3. The molecule has 1 aromatic carbocycles. The van der Waals surface area contributed by atoms with Gasteiger partial charge in [-0.05, 0) is 68.7 Å². The zero-order chi connectivity index (χ0) is 22.2. The number of amides is 1. The molecule has 2 aromatic rings. The zero-order valence-electron chi connectivity index (χ0n) is 18.4. The van der Waals surface area contributed by atoms with Crippen LogP contribution in [-0.4, -0.2) is 48.7 Å². The molecule has 0 unspecified atom stereocenters. The smallest absolute Gasteiger partial charge is 0.251 e. The molecule has 0 bridgehead atoms. The number of halogens is 1. The Hall–Kier alpha value is -2.38. The highest BCUT2D eigenvalue weighted by molar-refractivity contribution is 6.30. The maximum absolute atomic E-state index is 12.3. The molecule has 1 aliphatic heterocycles. The second-order valence-electron chi connectivity index (χ2n) is 8.10. The van der Waals surface area contributed by atoms with E-state index < -0.39 is 0 Å².